The summed E-state index contributed by atoms with van der Waals surface area (Å²) < 4.78 is 71.1. The molecule has 2 heterocycles. The number of fused-ring (bicyclic) bond motifs is 1. The summed E-state index contributed by atoms with van der Waals surface area (Å²) in [5.74, 6) is -0.800. The Bertz CT molecular complexity index is 1350. The van der Waals surface area contributed by atoms with E-state index in [1.165, 1.54) is 17.0 Å². The van der Waals surface area contributed by atoms with Crippen LogP contribution in [-0.4, -0.2) is 43.1 Å². The lowest BCUT2D eigenvalue weighted by Gasteiger charge is -2.47. The van der Waals surface area contributed by atoms with E-state index >= 15 is 8.78 Å². The average Bonchev–Trinajstić information content (AvgIpc) is 3.20. The van der Waals surface area contributed by atoms with E-state index in [9.17, 15) is 8.78 Å². The minimum absolute atomic E-state index is 0.0761. The third kappa shape index (κ3) is 6.16. The van der Waals surface area contributed by atoms with Crippen molar-refractivity contribution in [1.82, 2.24) is 10.2 Å². The molecule has 6 rings (SSSR count). The van der Waals surface area contributed by atoms with Crippen molar-refractivity contribution >= 4 is 0 Å². The molecule has 3 aromatic carbocycles. The van der Waals surface area contributed by atoms with Gasteiger partial charge in [-0.15, -0.1) is 0 Å². The Labute approximate surface area is 245 Å². The summed E-state index contributed by atoms with van der Waals surface area (Å²) in [4.78, 5) is 1.51. The molecular formula is C34H38F4N2O2. The largest absolute Gasteiger partial charge is 0.490 e. The number of rotatable bonds is 8. The van der Waals surface area contributed by atoms with Crippen molar-refractivity contribution in [3.05, 3.63) is 94.6 Å². The van der Waals surface area contributed by atoms with Crippen molar-refractivity contribution < 1.29 is 27.0 Å². The maximum Gasteiger partial charge on any atom is 0.251 e. The van der Waals surface area contributed by atoms with Crippen LogP contribution in [0.4, 0.5) is 17.6 Å². The highest BCUT2D eigenvalue weighted by molar-refractivity contribution is 5.46. The molecule has 3 aliphatic rings. The molecule has 2 atom stereocenters. The van der Waals surface area contributed by atoms with Gasteiger partial charge in [0.1, 0.15) is 29.7 Å². The van der Waals surface area contributed by atoms with E-state index in [-0.39, 0.29) is 28.9 Å². The average molecular weight is 583 g/mol. The van der Waals surface area contributed by atoms with Gasteiger partial charge in [0.2, 0.25) is 0 Å². The molecule has 42 heavy (non-hydrogen) atoms. The molecule has 1 unspecified atom stereocenters. The van der Waals surface area contributed by atoms with Crippen molar-refractivity contribution in [2.75, 3.05) is 19.6 Å². The minimum Gasteiger partial charge on any atom is -0.490 e. The molecule has 0 radical (unpaired) electrons. The number of nitrogens with one attached hydrogen (secondary N) is 1. The van der Waals surface area contributed by atoms with E-state index in [1.807, 2.05) is 43.3 Å². The van der Waals surface area contributed by atoms with Gasteiger partial charge < -0.3 is 14.8 Å². The number of nitrogens with zero attached hydrogens (tertiary/aromatic N) is 1. The Balaban J connectivity index is 1.25. The van der Waals surface area contributed by atoms with Crippen LogP contribution in [0.5, 0.6) is 11.5 Å². The fraction of sp³-hybridized carbons (Fsp3) is 0.471. The number of hydrogen-bond donors (Lipinski definition) is 1. The first-order valence-electron chi connectivity index (χ1n) is 15.0. The van der Waals surface area contributed by atoms with Gasteiger partial charge in [0, 0.05) is 23.7 Å². The van der Waals surface area contributed by atoms with Crippen molar-refractivity contribution in [1.29, 1.82) is 0 Å². The second-order valence-electron chi connectivity index (χ2n) is 12.2. The van der Waals surface area contributed by atoms with Crippen LogP contribution in [0.2, 0.25) is 0 Å². The molecule has 1 spiro atoms. The Kier molecular flexibility index (Phi) is 8.46. The smallest absolute Gasteiger partial charge is 0.251 e. The zero-order valence-corrected chi connectivity index (χ0v) is 23.9. The van der Waals surface area contributed by atoms with Gasteiger partial charge >= 0.3 is 0 Å². The van der Waals surface area contributed by atoms with Gasteiger partial charge in [0.05, 0.1) is 18.7 Å². The van der Waals surface area contributed by atoms with E-state index in [0.29, 0.717) is 24.3 Å². The van der Waals surface area contributed by atoms with Gasteiger partial charge in [-0.3, -0.25) is 4.90 Å². The number of hydrogen-bond acceptors (Lipinski definition) is 4. The third-order valence-electron chi connectivity index (χ3n) is 9.26. The summed E-state index contributed by atoms with van der Waals surface area (Å²) >= 11 is 0. The molecule has 2 aliphatic heterocycles. The van der Waals surface area contributed by atoms with Crippen LogP contribution in [0.1, 0.15) is 67.3 Å². The predicted octanol–water partition coefficient (Wildman–Crippen LogP) is 7.45. The first-order chi connectivity index (χ1) is 20.3. The van der Waals surface area contributed by atoms with Crippen LogP contribution in [0.3, 0.4) is 0 Å². The van der Waals surface area contributed by atoms with E-state index in [0.717, 1.165) is 56.3 Å². The minimum atomic E-state index is -2.65. The SMILES string of the molecule is C[C@@H]1Cc2cc(OCc3ccccc3)ccc2C(c2c(F)cc(OC3CC4(CCCNCC4)C3)cc2F)N1CC(F)F. The Morgan fingerprint density at radius 2 is 1.71 bits per heavy atom. The van der Waals surface area contributed by atoms with Crippen LogP contribution >= 0.6 is 0 Å². The summed E-state index contributed by atoms with van der Waals surface area (Å²) in [7, 11) is 0. The van der Waals surface area contributed by atoms with Crippen molar-refractivity contribution in [2.45, 2.75) is 76.7 Å². The molecule has 3 aromatic rings. The number of alkyl halides is 2. The Morgan fingerprint density at radius 1 is 0.952 bits per heavy atom. The summed E-state index contributed by atoms with van der Waals surface area (Å²) in [5.41, 5.74) is 2.48. The van der Waals surface area contributed by atoms with Gasteiger partial charge in [0.15, 0.2) is 0 Å². The molecule has 1 N–H and O–H groups in total. The molecule has 8 heteroatoms. The van der Waals surface area contributed by atoms with E-state index in [1.54, 1.807) is 12.1 Å². The first kappa shape index (κ1) is 29.0. The quantitative estimate of drug-likeness (QED) is 0.280. The summed E-state index contributed by atoms with van der Waals surface area (Å²) in [5, 5.41) is 3.43. The van der Waals surface area contributed by atoms with Gasteiger partial charge in [-0.1, -0.05) is 36.4 Å². The monoisotopic (exact) mass is 582 g/mol. The topological polar surface area (TPSA) is 33.7 Å². The molecule has 2 fully saturated rings. The lowest BCUT2D eigenvalue weighted by atomic mass is 9.62. The summed E-state index contributed by atoms with van der Waals surface area (Å²) in [6, 6.07) is 16.2. The van der Waals surface area contributed by atoms with Crippen molar-refractivity contribution in [3.8, 4) is 11.5 Å². The van der Waals surface area contributed by atoms with Gasteiger partial charge in [-0.05, 0) is 92.8 Å². The number of benzene rings is 3. The predicted molar refractivity (Wildman–Crippen MR) is 154 cm³/mol. The van der Waals surface area contributed by atoms with Crippen molar-refractivity contribution in [3.63, 3.8) is 0 Å². The first-order valence-corrected chi connectivity index (χ1v) is 15.0. The fourth-order valence-electron chi connectivity index (χ4n) is 7.16. The van der Waals surface area contributed by atoms with Crippen LogP contribution in [0.25, 0.3) is 0 Å². The van der Waals surface area contributed by atoms with E-state index in [4.69, 9.17) is 9.47 Å². The molecule has 4 nitrogen and oxygen atoms in total. The zero-order valence-electron chi connectivity index (χ0n) is 23.9. The van der Waals surface area contributed by atoms with Crippen LogP contribution in [-0.2, 0) is 13.0 Å². The van der Waals surface area contributed by atoms with Gasteiger partial charge in [0.25, 0.3) is 6.43 Å². The summed E-state index contributed by atoms with van der Waals surface area (Å²) in [6.07, 6.45) is 2.85. The maximum atomic E-state index is 15.8. The molecule has 1 saturated heterocycles. The standard InChI is InChI=1S/C34H38F4N2O2/c1-22-14-24-15-25(41-21-23-6-3-2-4-7-23)8-9-28(24)33(40(22)20-31(37)38)32-29(35)16-26(17-30(32)36)42-27-18-34(19-27)10-5-12-39-13-11-34/h2-4,6-9,15-17,22,27,31,33,39H,5,10-14,18-21H2,1H3/t22-,27?,33?,34?/m1/s1. The highest BCUT2D eigenvalue weighted by Gasteiger charge is 2.45. The molecule has 0 amide bonds. The second kappa shape index (κ2) is 12.3. The van der Waals surface area contributed by atoms with Crippen LogP contribution in [0, 0.1) is 17.0 Å². The van der Waals surface area contributed by atoms with Crippen molar-refractivity contribution in [2.24, 2.45) is 5.41 Å². The van der Waals surface area contributed by atoms with Gasteiger partial charge in [-0.2, -0.15) is 0 Å². The lowest BCUT2D eigenvalue weighted by Crippen LogP contribution is -2.45. The normalized spacial score (nSPS) is 26.0. The van der Waals surface area contributed by atoms with Crippen LogP contribution < -0.4 is 14.8 Å². The molecule has 1 saturated carbocycles. The molecular weight excluding hydrogens is 544 g/mol. The lowest BCUT2D eigenvalue weighted by molar-refractivity contribution is -0.0236. The zero-order chi connectivity index (χ0) is 29.3. The number of ether oxygens (including phenoxy) is 2. The van der Waals surface area contributed by atoms with Gasteiger partial charge in [-0.25, -0.2) is 17.6 Å². The maximum absolute atomic E-state index is 15.8. The molecule has 1 aliphatic carbocycles. The Hall–Kier alpha value is -3.10. The molecule has 0 aromatic heterocycles. The van der Waals surface area contributed by atoms with E-state index in [2.05, 4.69) is 5.32 Å². The summed E-state index contributed by atoms with van der Waals surface area (Å²) in [6.45, 7) is 3.62. The molecule has 224 valence electrons. The van der Waals surface area contributed by atoms with E-state index < -0.39 is 30.6 Å². The molecule has 0 bridgehead atoms. The highest BCUT2D eigenvalue weighted by Crippen LogP contribution is 2.50. The highest BCUT2D eigenvalue weighted by atomic mass is 19.3. The Morgan fingerprint density at radius 3 is 2.45 bits per heavy atom. The fourth-order valence-corrected chi connectivity index (χ4v) is 7.16. The van der Waals surface area contributed by atoms with Crippen LogP contribution in [0.15, 0.2) is 60.7 Å². The number of halogens is 4. The second-order valence-corrected chi connectivity index (χ2v) is 12.2. The third-order valence-corrected chi connectivity index (χ3v) is 9.26.